The SMILES string of the molecule is O=C1NCCCc2ccc(C(Cl)C(F)F)cc21. The first-order valence-corrected chi connectivity index (χ1v) is 5.86. The monoisotopic (exact) mass is 259 g/mol. The summed E-state index contributed by atoms with van der Waals surface area (Å²) in [7, 11) is 0. The van der Waals surface area contributed by atoms with Gasteiger partial charge in [-0.3, -0.25) is 4.79 Å². The summed E-state index contributed by atoms with van der Waals surface area (Å²) in [5, 5.41) is 1.36. The summed E-state index contributed by atoms with van der Waals surface area (Å²) in [6.45, 7) is 0.613. The minimum Gasteiger partial charge on any atom is -0.352 e. The number of aryl methyl sites for hydroxylation is 1. The van der Waals surface area contributed by atoms with Gasteiger partial charge < -0.3 is 5.32 Å². The van der Waals surface area contributed by atoms with E-state index in [0.29, 0.717) is 12.1 Å². The summed E-state index contributed by atoms with van der Waals surface area (Å²) >= 11 is 5.59. The first-order valence-electron chi connectivity index (χ1n) is 5.43. The molecule has 0 fully saturated rings. The van der Waals surface area contributed by atoms with E-state index in [1.807, 2.05) is 0 Å². The molecule has 2 nitrogen and oxygen atoms in total. The van der Waals surface area contributed by atoms with Crippen molar-refractivity contribution in [1.82, 2.24) is 5.32 Å². The van der Waals surface area contributed by atoms with Crippen molar-refractivity contribution in [3.8, 4) is 0 Å². The fourth-order valence-electron chi connectivity index (χ4n) is 1.92. The third-order valence-corrected chi connectivity index (χ3v) is 3.27. The Morgan fingerprint density at radius 1 is 1.35 bits per heavy atom. The highest BCUT2D eigenvalue weighted by Crippen LogP contribution is 2.29. The maximum Gasteiger partial charge on any atom is 0.258 e. The summed E-state index contributed by atoms with van der Waals surface area (Å²) < 4.78 is 25.0. The second kappa shape index (κ2) is 5.00. The summed E-state index contributed by atoms with van der Waals surface area (Å²) in [6.07, 6.45) is -1.00. The van der Waals surface area contributed by atoms with E-state index in [1.54, 1.807) is 12.1 Å². The highest BCUT2D eigenvalue weighted by atomic mass is 35.5. The summed E-state index contributed by atoms with van der Waals surface area (Å²) in [6, 6.07) is 4.76. The Hall–Kier alpha value is -1.16. The van der Waals surface area contributed by atoms with Crippen LogP contribution in [0, 0.1) is 0 Å². The van der Waals surface area contributed by atoms with Crippen LogP contribution in [0.3, 0.4) is 0 Å². The third-order valence-electron chi connectivity index (χ3n) is 2.83. The molecule has 17 heavy (non-hydrogen) atoms. The van der Waals surface area contributed by atoms with Gasteiger partial charge in [-0.25, -0.2) is 8.78 Å². The van der Waals surface area contributed by atoms with Crippen LogP contribution in [0.25, 0.3) is 0 Å². The van der Waals surface area contributed by atoms with Gasteiger partial charge in [-0.2, -0.15) is 0 Å². The van der Waals surface area contributed by atoms with Crippen molar-refractivity contribution in [2.75, 3.05) is 6.54 Å². The molecule has 1 heterocycles. The number of nitrogens with one attached hydrogen (secondary N) is 1. The lowest BCUT2D eigenvalue weighted by Crippen LogP contribution is -2.22. The molecule has 0 aromatic heterocycles. The van der Waals surface area contributed by atoms with Crippen LogP contribution in [0.1, 0.15) is 33.3 Å². The van der Waals surface area contributed by atoms with E-state index in [4.69, 9.17) is 11.6 Å². The molecule has 0 saturated carbocycles. The molecular formula is C12H12ClF2NO. The average molecular weight is 260 g/mol. The van der Waals surface area contributed by atoms with Gasteiger partial charge >= 0.3 is 0 Å². The minimum atomic E-state index is -2.64. The predicted octanol–water partition coefficient (Wildman–Crippen LogP) is 2.91. The number of alkyl halides is 3. The molecular weight excluding hydrogens is 248 g/mol. The van der Waals surface area contributed by atoms with Crippen molar-refractivity contribution in [3.05, 3.63) is 34.9 Å². The molecule has 0 radical (unpaired) electrons. The van der Waals surface area contributed by atoms with Crippen molar-refractivity contribution in [3.63, 3.8) is 0 Å². The summed E-state index contributed by atoms with van der Waals surface area (Å²) in [4.78, 5) is 11.7. The van der Waals surface area contributed by atoms with Crippen LogP contribution >= 0.6 is 11.6 Å². The van der Waals surface area contributed by atoms with Crippen molar-refractivity contribution < 1.29 is 13.6 Å². The van der Waals surface area contributed by atoms with Crippen LogP contribution in [0.4, 0.5) is 8.78 Å². The van der Waals surface area contributed by atoms with Crippen LogP contribution in [0.2, 0.25) is 0 Å². The van der Waals surface area contributed by atoms with Gasteiger partial charge in [0.15, 0.2) is 0 Å². The molecule has 1 atom stereocenters. The van der Waals surface area contributed by atoms with Crippen LogP contribution < -0.4 is 5.32 Å². The van der Waals surface area contributed by atoms with Crippen LogP contribution in [0.15, 0.2) is 18.2 Å². The average Bonchev–Trinajstić information content (AvgIpc) is 2.50. The van der Waals surface area contributed by atoms with Gasteiger partial charge in [0.05, 0.1) is 0 Å². The molecule has 2 rings (SSSR count). The van der Waals surface area contributed by atoms with Gasteiger partial charge in [0.2, 0.25) is 0 Å². The lowest BCUT2D eigenvalue weighted by Gasteiger charge is -2.11. The highest BCUT2D eigenvalue weighted by Gasteiger charge is 2.22. The van der Waals surface area contributed by atoms with E-state index in [1.165, 1.54) is 6.07 Å². The van der Waals surface area contributed by atoms with Crippen LogP contribution in [0.5, 0.6) is 0 Å². The number of fused-ring (bicyclic) bond motifs is 1. The van der Waals surface area contributed by atoms with Gasteiger partial charge in [0.25, 0.3) is 12.3 Å². The molecule has 0 spiro atoms. The van der Waals surface area contributed by atoms with Crippen molar-refractivity contribution in [2.24, 2.45) is 0 Å². The molecule has 1 amide bonds. The number of halogens is 3. The van der Waals surface area contributed by atoms with Crippen molar-refractivity contribution in [1.29, 1.82) is 0 Å². The van der Waals surface area contributed by atoms with Gasteiger partial charge in [0, 0.05) is 12.1 Å². The quantitative estimate of drug-likeness (QED) is 0.813. The zero-order chi connectivity index (χ0) is 12.4. The maximum absolute atomic E-state index is 12.5. The lowest BCUT2D eigenvalue weighted by atomic mass is 9.99. The molecule has 1 aliphatic rings. The van der Waals surface area contributed by atoms with E-state index < -0.39 is 11.8 Å². The van der Waals surface area contributed by atoms with Crippen molar-refractivity contribution >= 4 is 17.5 Å². The Morgan fingerprint density at radius 3 is 2.82 bits per heavy atom. The fraction of sp³-hybridized carbons (Fsp3) is 0.417. The van der Waals surface area contributed by atoms with Gasteiger partial charge in [-0.1, -0.05) is 12.1 Å². The third kappa shape index (κ3) is 2.57. The van der Waals surface area contributed by atoms with E-state index >= 15 is 0 Å². The number of amides is 1. The molecule has 0 saturated heterocycles. The number of rotatable bonds is 2. The Balaban J connectivity index is 2.38. The summed E-state index contributed by atoms with van der Waals surface area (Å²) in [5.74, 6) is -0.211. The normalized spacial score (nSPS) is 17.3. The van der Waals surface area contributed by atoms with Gasteiger partial charge in [0.1, 0.15) is 5.38 Å². The maximum atomic E-state index is 12.5. The zero-order valence-electron chi connectivity index (χ0n) is 9.05. The first kappa shape index (κ1) is 12.3. The zero-order valence-corrected chi connectivity index (χ0v) is 9.81. The Morgan fingerprint density at radius 2 is 2.12 bits per heavy atom. The molecule has 0 bridgehead atoms. The molecule has 1 unspecified atom stereocenters. The van der Waals surface area contributed by atoms with E-state index in [9.17, 15) is 13.6 Å². The molecule has 1 aromatic carbocycles. The van der Waals surface area contributed by atoms with Gasteiger partial charge in [-0.15, -0.1) is 11.6 Å². The second-order valence-corrected chi connectivity index (χ2v) is 4.48. The Labute approximate surface area is 103 Å². The summed E-state index contributed by atoms with van der Waals surface area (Å²) in [5.41, 5.74) is 1.64. The van der Waals surface area contributed by atoms with Crippen LogP contribution in [-0.2, 0) is 6.42 Å². The standard InChI is InChI=1S/C12H12ClF2NO/c13-10(11(14)15)8-4-3-7-2-1-5-16-12(17)9(7)6-8/h3-4,6,10-11H,1-2,5H2,(H,16,17). The molecule has 5 heteroatoms. The highest BCUT2D eigenvalue weighted by molar-refractivity contribution is 6.21. The smallest absolute Gasteiger partial charge is 0.258 e. The minimum absolute atomic E-state index is 0.211. The molecule has 92 valence electrons. The number of carbonyl (C=O) groups excluding carboxylic acids is 1. The first-order chi connectivity index (χ1) is 8.09. The second-order valence-electron chi connectivity index (χ2n) is 4.01. The van der Waals surface area contributed by atoms with E-state index in [-0.39, 0.29) is 11.5 Å². The van der Waals surface area contributed by atoms with E-state index in [2.05, 4.69) is 5.32 Å². The van der Waals surface area contributed by atoms with Crippen LogP contribution in [-0.4, -0.2) is 18.9 Å². The molecule has 1 aromatic rings. The largest absolute Gasteiger partial charge is 0.352 e. The van der Waals surface area contributed by atoms with Gasteiger partial charge in [-0.05, 0) is 30.0 Å². The predicted molar refractivity (Wildman–Crippen MR) is 61.7 cm³/mol. The molecule has 0 aliphatic carbocycles. The number of carbonyl (C=O) groups is 1. The van der Waals surface area contributed by atoms with Crippen molar-refractivity contribution in [2.45, 2.75) is 24.6 Å². The Bertz CT molecular complexity index is 437. The molecule has 1 N–H and O–H groups in total. The lowest BCUT2D eigenvalue weighted by molar-refractivity contribution is 0.0955. The number of hydrogen-bond donors (Lipinski definition) is 1. The fourth-order valence-corrected chi connectivity index (χ4v) is 2.05. The number of hydrogen-bond acceptors (Lipinski definition) is 1. The topological polar surface area (TPSA) is 29.1 Å². The van der Waals surface area contributed by atoms with E-state index in [0.717, 1.165) is 18.4 Å². The Kier molecular flexibility index (Phi) is 3.62. The molecule has 1 aliphatic heterocycles. The number of benzene rings is 1.